The summed E-state index contributed by atoms with van der Waals surface area (Å²) in [7, 11) is 4.53. The number of aryl methyl sites for hydroxylation is 1. The minimum Gasteiger partial charge on any atom is -0.507 e. The third-order valence-electron chi connectivity index (χ3n) is 5.47. The molecule has 1 fully saturated rings. The fourth-order valence-corrected chi connectivity index (χ4v) is 4.63. The van der Waals surface area contributed by atoms with Crippen LogP contribution < -0.4 is 19.1 Å². The maximum atomic E-state index is 13.2. The first-order valence-electron chi connectivity index (χ1n) is 9.99. The molecule has 9 heteroatoms. The van der Waals surface area contributed by atoms with Crippen LogP contribution in [0.2, 0.25) is 0 Å². The average Bonchev–Trinajstić information content (AvgIpc) is 3.44. The molecule has 4 rings (SSSR count). The number of benzene rings is 2. The second kappa shape index (κ2) is 8.95. The van der Waals surface area contributed by atoms with E-state index in [2.05, 4.69) is 4.98 Å². The number of hydrogen-bond donors (Lipinski definition) is 1. The first kappa shape index (κ1) is 22.3. The van der Waals surface area contributed by atoms with E-state index in [1.807, 2.05) is 6.92 Å². The number of rotatable bonds is 6. The Balaban J connectivity index is 1.99. The van der Waals surface area contributed by atoms with Gasteiger partial charge in [0.1, 0.15) is 17.6 Å². The number of aliphatic hydroxyl groups is 1. The van der Waals surface area contributed by atoms with Crippen LogP contribution in [0, 0.1) is 6.92 Å². The smallest absolute Gasteiger partial charge is 0.301 e. The molecule has 8 nitrogen and oxygen atoms in total. The second-order valence-electron chi connectivity index (χ2n) is 7.25. The van der Waals surface area contributed by atoms with Gasteiger partial charge in [0.2, 0.25) is 0 Å². The highest BCUT2D eigenvalue weighted by Crippen LogP contribution is 2.47. The minimum atomic E-state index is -0.969. The van der Waals surface area contributed by atoms with E-state index < -0.39 is 17.7 Å². The number of methoxy groups -OCH3 is 3. The molecular weight excluding hydrogens is 444 g/mol. The summed E-state index contributed by atoms with van der Waals surface area (Å²) >= 11 is 1.21. The lowest BCUT2D eigenvalue weighted by molar-refractivity contribution is -0.132. The summed E-state index contributed by atoms with van der Waals surface area (Å²) in [6.07, 6.45) is 1.55. The average molecular weight is 467 g/mol. The molecule has 1 atom stereocenters. The van der Waals surface area contributed by atoms with Crippen molar-refractivity contribution in [3.8, 4) is 17.2 Å². The summed E-state index contributed by atoms with van der Waals surface area (Å²) in [5, 5.41) is 13.3. The minimum absolute atomic E-state index is 0.0636. The fraction of sp³-hybridized carbons (Fsp3) is 0.208. The second-order valence-corrected chi connectivity index (χ2v) is 8.12. The standard InChI is InChI=1S/C24H22N2O6S/c1-13-12-14(8-9-16(13)30-2)20(27)18-19(15-6-5-7-17(31-3)22(15)32-4)26(23(29)21(18)28)24-25-10-11-33-24/h5-12,19,27H,1-4H3. The van der Waals surface area contributed by atoms with Crippen LogP contribution in [0.4, 0.5) is 5.13 Å². The SMILES string of the molecule is COc1ccc(C(O)=C2C(=O)C(=O)N(c3nccs3)C2c2cccc(OC)c2OC)cc1C. The highest BCUT2D eigenvalue weighted by atomic mass is 32.1. The van der Waals surface area contributed by atoms with Gasteiger partial charge in [-0.05, 0) is 36.8 Å². The number of ether oxygens (including phenoxy) is 3. The van der Waals surface area contributed by atoms with Crippen molar-refractivity contribution in [1.29, 1.82) is 0 Å². The number of Topliss-reactive ketones (excluding diaryl/α,β-unsaturated/α-hetero) is 1. The van der Waals surface area contributed by atoms with Crippen molar-refractivity contribution in [3.63, 3.8) is 0 Å². The molecule has 2 aromatic carbocycles. The van der Waals surface area contributed by atoms with Gasteiger partial charge in [-0.2, -0.15) is 0 Å². The van der Waals surface area contributed by atoms with Crippen molar-refractivity contribution in [1.82, 2.24) is 4.98 Å². The zero-order valence-electron chi connectivity index (χ0n) is 18.5. The predicted molar refractivity (Wildman–Crippen MR) is 124 cm³/mol. The number of hydrogen-bond acceptors (Lipinski definition) is 8. The lowest BCUT2D eigenvalue weighted by Gasteiger charge is -2.25. The van der Waals surface area contributed by atoms with Crippen LogP contribution in [-0.4, -0.2) is 43.1 Å². The van der Waals surface area contributed by atoms with Gasteiger partial charge in [0.15, 0.2) is 16.6 Å². The van der Waals surface area contributed by atoms with Crippen LogP contribution in [-0.2, 0) is 9.59 Å². The number of carbonyl (C=O) groups is 2. The molecule has 0 saturated carbocycles. The summed E-state index contributed by atoms with van der Waals surface area (Å²) in [6.45, 7) is 1.83. The number of thiazole rings is 1. The molecule has 170 valence electrons. The molecule has 1 aliphatic heterocycles. The van der Waals surface area contributed by atoms with Crippen LogP contribution in [0.1, 0.15) is 22.7 Å². The van der Waals surface area contributed by atoms with E-state index in [9.17, 15) is 14.7 Å². The Morgan fingerprint density at radius 2 is 1.82 bits per heavy atom. The molecule has 1 unspecified atom stereocenters. The van der Waals surface area contributed by atoms with E-state index in [0.717, 1.165) is 5.56 Å². The Bertz CT molecular complexity index is 1250. The van der Waals surface area contributed by atoms with Crippen LogP contribution >= 0.6 is 11.3 Å². The number of para-hydroxylation sites is 1. The quantitative estimate of drug-likeness (QED) is 0.332. The van der Waals surface area contributed by atoms with E-state index >= 15 is 0 Å². The third-order valence-corrected chi connectivity index (χ3v) is 6.24. The lowest BCUT2D eigenvalue weighted by atomic mass is 9.94. The predicted octanol–water partition coefficient (Wildman–Crippen LogP) is 4.10. The Morgan fingerprint density at radius 3 is 2.42 bits per heavy atom. The van der Waals surface area contributed by atoms with Crippen molar-refractivity contribution in [2.45, 2.75) is 13.0 Å². The number of aliphatic hydroxyl groups excluding tert-OH is 1. The number of ketones is 1. The highest BCUT2D eigenvalue weighted by molar-refractivity contribution is 7.14. The van der Waals surface area contributed by atoms with Crippen LogP contribution in [0.3, 0.4) is 0 Å². The molecule has 33 heavy (non-hydrogen) atoms. The number of aromatic nitrogens is 1. The third kappa shape index (κ3) is 3.70. The molecule has 1 saturated heterocycles. The monoisotopic (exact) mass is 466 g/mol. The van der Waals surface area contributed by atoms with Gasteiger partial charge < -0.3 is 19.3 Å². The van der Waals surface area contributed by atoms with Crippen molar-refractivity contribution < 1.29 is 28.9 Å². The van der Waals surface area contributed by atoms with Gasteiger partial charge in [0, 0.05) is 22.7 Å². The lowest BCUT2D eigenvalue weighted by Crippen LogP contribution is -2.29. The molecule has 0 spiro atoms. The molecule has 1 aliphatic rings. The van der Waals surface area contributed by atoms with Gasteiger partial charge in [-0.3, -0.25) is 14.5 Å². The molecule has 2 heterocycles. The summed E-state index contributed by atoms with van der Waals surface area (Å²) in [5.41, 5.74) is 1.58. The summed E-state index contributed by atoms with van der Waals surface area (Å²) in [6, 6.07) is 9.24. The molecule has 0 aliphatic carbocycles. The maximum absolute atomic E-state index is 13.2. The van der Waals surface area contributed by atoms with Crippen LogP contribution in [0.15, 0.2) is 53.5 Å². The van der Waals surface area contributed by atoms with E-state index in [1.165, 1.54) is 30.5 Å². The van der Waals surface area contributed by atoms with Crippen LogP contribution in [0.25, 0.3) is 5.76 Å². The largest absolute Gasteiger partial charge is 0.507 e. The summed E-state index contributed by atoms with van der Waals surface area (Å²) in [5.74, 6) is -0.475. The number of amides is 1. The van der Waals surface area contributed by atoms with E-state index in [-0.39, 0.29) is 11.3 Å². The molecule has 1 N–H and O–H groups in total. The van der Waals surface area contributed by atoms with Gasteiger partial charge in [0.05, 0.1) is 26.9 Å². The van der Waals surface area contributed by atoms with Gasteiger partial charge in [0.25, 0.3) is 5.78 Å². The van der Waals surface area contributed by atoms with Crippen molar-refractivity contribution in [2.24, 2.45) is 0 Å². The Morgan fingerprint density at radius 1 is 1.06 bits per heavy atom. The van der Waals surface area contributed by atoms with Crippen molar-refractivity contribution in [3.05, 3.63) is 70.2 Å². The number of nitrogens with zero attached hydrogens (tertiary/aromatic N) is 2. The van der Waals surface area contributed by atoms with Gasteiger partial charge in [-0.15, -0.1) is 11.3 Å². The van der Waals surface area contributed by atoms with Crippen LogP contribution in [0.5, 0.6) is 17.2 Å². The zero-order valence-corrected chi connectivity index (χ0v) is 19.3. The van der Waals surface area contributed by atoms with Crippen molar-refractivity contribution in [2.75, 3.05) is 26.2 Å². The first-order chi connectivity index (χ1) is 15.9. The topological polar surface area (TPSA) is 98.2 Å². The van der Waals surface area contributed by atoms with E-state index in [1.54, 1.807) is 55.1 Å². The highest BCUT2D eigenvalue weighted by Gasteiger charge is 2.49. The molecule has 0 radical (unpaired) electrons. The zero-order chi connectivity index (χ0) is 23.7. The molecule has 1 amide bonds. The number of carbonyl (C=O) groups excluding carboxylic acids is 2. The molecular formula is C24H22N2O6S. The van der Waals surface area contributed by atoms with E-state index in [0.29, 0.717) is 33.5 Å². The summed E-state index contributed by atoms with van der Waals surface area (Å²) in [4.78, 5) is 31.9. The van der Waals surface area contributed by atoms with Gasteiger partial charge >= 0.3 is 5.91 Å². The normalized spacial score (nSPS) is 17.3. The van der Waals surface area contributed by atoms with Gasteiger partial charge in [-0.25, -0.2) is 4.98 Å². The Labute approximate surface area is 194 Å². The fourth-order valence-electron chi connectivity index (χ4n) is 3.97. The maximum Gasteiger partial charge on any atom is 0.301 e. The number of anilines is 1. The van der Waals surface area contributed by atoms with Crippen molar-refractivity contribution >= 4 is 33.9 Å². The molecule has 3 aromatic rings. The molecule has 0 bridgehead atoms. The molecule has 1 aromatic heterocycles. The first-order valence-corrected chi connectivity index (χ1v) is 10.9. The Hall–Kier alpha value is -3.85. The van der Waals surface area contributed by atoms with E-state index in [4.69, 9.17) is 14.2 Å². The Kier molecular flexibility index (Phi) is 6.06. The summed E-state index contributed by atoms with van der Waals surface area (Å²) < 4.78 is 16.3. The van der Waals surface area contributed by atoms with Gasteiger partial charge in [-0.1, -0.05) is 12.1 Å².